The Morgan fingerprint density at radius 1 is 1.13 bits per heavy atom. The lowest BCUT2D eigenvalue weighted by Crippen LogP contribution is -2.53. The Bertz CT molecular complexity index is 751. The third-order valence-electron chi connectivity index (χ3n) is 5.85. The number of guanidine groups is 1. The zero-order valence-corrected chi connectivity index (χ0v) is 20.4. The first-order valence-electron chi connectivity index (χ1n) is 10.9. The Balaban J connectivity index is 0.00000272. The fraction of sp³-hybridized carbons (Fsp3) is 0.636. The van der Waals surface area contributed by atoms with Crippen LogP contribution in [0.25, 0.3) is 0 Å². The van der Waals surface area contributed by atoms with Crippen molar-refractivity contribution < 1.29 is 19.0 Å². The number of amides is 1. The number of hydrogen-bond acceptors (Lipinski definition) is 5. The number of rotatable bonds is 5. The van der Waals surface area contributed by atoms with E-state index in [1.54, 1.807) is 7.05 Å². The highest BCUT2D eigenvalue weighted by molar-refractivity contribution is 14.0. The van der Waals surface area contributed by atoms with Crippen LogP contribution in [0.4, 0.5) is 5.69 Å². The van der Waals surface area contributed by atoms with E-state index in [0.717, 1.165) is 62.6 Å². The van der Waals surface area contributed by atoms with Crippen LogP contribution in [0.15, 0.2) is 29.3 Å². The molecule has 3 atom stereocenters. The number of benzene rings is 1. The van der Waals surface area contributed by atoms with Crippen LogP contribution in [-0.4, -0.2) is 75.0 Å². The highest BCUT2D eigenvalue weighted by Gasteiger charge is 2.32. The maximum absolute atomic E-state index is 12.3. The van der Waals surface area contributed by atoms with Crippen molar-refractivity contribution in [2.24, 2.45) is 4.99 Å². The summed E-state index contributed by atoms with van der Waals surface area (Å²) in [5.74, 6) is 0.789. The first-order valence-corrected chi connectivity index (χ1v) is 10.9. The molecule has 1 amide bonds. The average Bonchev–Trinajstić information content (AvgIpc) is 3.49. The van der Waals surface area contributed by atoms with E-state index in [0.29, 0.717) is 19.8 Å². The van der Waals surface area contributed by atoms with Crippen LogP contribution in [0.1, 0.15) is 31.2 Å². The molecular weight excluding hydrogens is 511 g/mol. The van der Waals surface area contributed by atoms with Crippen LogP contribution in [-0.2, 0) is 25.5 Å². The smallest absolute Gasteiger partial charge is 0.253 e. The first-order chi connectivity index (χ1) is 14.7. The van der Waals surface area contributed by atoms with Crippen LogP contribution < -0.4 is 10.6 Å². The minimum atomic E-state index is -0.330. The van der Waals surface area contributed by atoms with E-state index in [2.05, 4.69) is 20.5 Å². The molecular formula is C22H33IN4O4. The Morgan fingerprint density at radius 2 is 1.94 bits per heavy atom. The zero-order chi connectivity index (χ0) is 20.8. The molecule has 1 aromatic carbocycles. The number of carbonyl (C=O) groups excluding carboxylic acids is 1. The van der Waals surface area contributed by atoms with E-state index in [4.69, 9.17) is 14.2 Å². The first kappa shape index (κ1) is 24.2. The van der Waals surface area contributed by atoms with Crippen LogP contribution in [0.3, 0.4) is 0 Å². The van der Waals surface area contributed by atoms with Gasteiger partial charge in [0.15, 0.2) is 5.96 Å². The molecule has 2 N–H and O–H groups in total. The molecule has 4 rings (SSSR count). The van der Waals surface area contributed by atoms with Crippen molar-refractivity contribution in [3.8, 4) is 0 Å². The van der Waals surface area contributed by atoms with Crippen molar-refractivity contribution in [3.05, 3.63) is 29.8 Å². The number of nitrogens with zero attached hydrogens (tertiary/aromatic N) is 2. The minimum Gasteiger partial charge on any atom is -0.375 e. The van der Waals surface area contributed by atoms with Gasteiger partial charge < -0.3 is 29.7 Å². The third kappa shape index (κ3) is 6.53. The number of aliphatic imine (C=N–C) groups is 1. The van der Waals surface area contributed by atoms with Crippen molar-refractivity contribution in [2.45, 2.75) is 50.5 Å². The van der Waals surface area contributed by atoms with Gasteiger partial charge in [-0.2, -0.15) is 0 Å². The van der Waals surface area contributed by atoms with Crippen molar-refractivity contribution in [1.29, 1.82) is 0 Å². The lowest BCUT2D eigenvalue weighted by atomic mass is 10.1. The quantitative estimate of drug-likeness (QED) is 0.337. The standard InChI is InChI=1S/C22H32N4O4.HI/c1-23-22(26-9-12-30-20(15-26)18-7-3-10-28-18)24-14-16-5-2-6-17(13-16)25-21(27)19-8-4-11-29-19;/h2,5-6,13,18-20H,3-4,7-12,14-15H2,1H3,(H,23,24)(H,25,27);1H. The van der Waals surface area contributed by atoms with Crippen LogP contribution in [0, 0.1) is 0 Å². The molecule has 3 saturated heterocycles. The summed E-state index contributed by atoms with van der Waals surface area (Å²) >= 11 is 0. The van der Waals surface area contributed by atoms with Gasteiger partial charge in [-0.15, -0.1) is 24.0 Å². The lowest BCUT2D eigenvalue weighted by Gasteiger charge is -2.37. The summed E-state index contributed by atoms with van der Waals surface area (Å²) < 4.78 is 17.2. The summed E-state index contributed by atoms with van der Waals surface area (Å²) in [6.07, 6.45) is 3.85. The molecule has 0 saturated carbocycles. The minimum absolute atomic E-state index is 0. The molecule has 1 aromatic rings. The fourth-order valence-electron chi connectivity index (χ4n) is 4.27. The average molecular weight is 544 g/mol. The molecule has 0 bridgehead atoms. The highest BCUT2D eigenvalue weighted by atomic mass is 127. The summed E-state index contributed by atoms with van der Waals surface area (Å²) in [5, 5.41) is 6.41. The number of morpholine rings is 1. The summed E-state index contributed by atoms with van der Waals surface area (Å²) in [6, 6.07) is 7.88. The lowest BCUT2D eigenvalue weighted by molar-refractivity contribution is -0.124. The monoisotopic (exact) mass is 544 g/mol. The number of ether oxygens (including phenoxy) is 3. The van der Waals surface area contributed by atoms with Gasteiger partial charge in [0.25, 0.3) is 5.91 Å². The van der Waals surface area contributed by atoms with Crippen LogP contribution in [0.2, 0.25) is 0 Å². The third-order valence-corrected chi connectivity index (χ3v) is 5.85. The van der Waals surface area contributed by atoms with Gasteiger partial charge in [0.1, 0.15) is 12.2 Å². The van der Waals surface area contributed by atoms with Crippen molar-refractivity contribution in [1.82, 2.24) is 10.2 Å². The van der Waals surface area contributed by atoms with Gasteiger partial charge in [-0.05, 0) is 43.4 Å². The molecule has 3 aliphatic rings. The Kier molecular flexibility index (Phi) is 9.36. The molecule has 0 aromatic heterocycles. The molecule has 0 spiro atoms. The molecule has 3 heterocycles. The fourth-order valence-corrected chi connectivity index (χ4v) is 4.27. The van der Waals surface area contributed by atoms with Gasteiger partial charge in [0.2, 0.25) is 0 Å². The van der Waals surface area contributed by atoms with E-state index < -0.39 is 0 Å². The van der Waals surface area contributed by atoms with E-state index >= 15 is 0 Å². The van der Waals surface area contributed by atoms with Gasteiger partial charge in [-0.3, -0.25) is 9.79 Å². The Labute approximate surface area is 201 Å². The maximum Gasteiger partial charge on any atom is 0.253 e. The molecule has 3 unspecified atom stereocenters. The predicted octanol–water partition coefficient (Wildman–Crippen LogP) is 2.38. The molecule has 31 heavy (non-hydrogen) atoms. The zero-order valence-electron chi connectivity index (χ0n) is 18.0. The summed E-state index contributed by atoms with van der Waals surface area (Å²) in [6.45, 7) is 4.38. The van der Waals surface area contributed by atoms with Crippen LogP contribution >= 0.6 is 24.0 Å². The summed E-state index contributed by atoms with van der Waals surface area (Å²) in [5.41, 5.74) is 1.86. The van der Waals surface area contributed by atoms with Crippen LogP contribution in [0.5, 0.6) is 0 Å². The van der Waals surface area contributed by atoms with E-state index in [1.807, 2.05) is 24.3 Å². The van der Waals surface area contributed by atoms with Gasteiger partial charge in [-0.1, -0.05) is 12.1 Å². The second-order valence-corrected chi connectivity index (χ2v) is 8.00. The normalized spacial score (nSPS) is 26.4. The Hall–Kier alpha value is -1.43. The topological polar surface area (TPSA) is 84.4 Å². The second-order valence-electron chi connectivity index (χ2n) is 8.00. The number of nitrogens with one attached hydrogen (secondary N) is 2. The summed E-state index contributed by atoms with van der Waals surface area (Å²) in [4.78, 5) is 19.0. The van der Waals surface area contributed by atoms with Crippen molar-refractivity contribution in [2.75, 3.05) is 45.3 Å². The molecule has 172 valence electrons. The van der Waals surface area contributed by atoms with Gasteiger partial charge in [0, 0.05) is 45.6 Å². The Morgan fingerprint density at radius 3 is 2.68 bits per heavy atom. The molecule has 3 fully saturated rings. The SMILES string of the molecule is CN=C(NCc1cccc(NC(=O)C2CCCO2)c1)N1CCOC(C2CCCO2)C1.I. The van der Waals surface area contributed by atoms with Crippen molar-refractivity contribution >= 4 is 41.5 Å². The molecule has 0 radical (unpaired) electrons. The molecule has 9 heteroatoms. The van der Waals surface area contributed by atoms with Gasteiger partial charge in [-0.25, -0.2) is 0 Å². The van der Waals surface area contributed by atoms with E-state index in [1.165, 1.54) is 0 Å². The maximum atomic E-state index is 12.3. The van der Waals surface area contributed by atoms with Gasteiger partial charge >= 0.3 is 0 Å². The second kappa shape index (κ2) is 12.0. The number of carbonyl (C=O) groups is 1. The van der Waals surface area contributed by atoms with Crippen molar-refractivity contribution in [3.63, 3.8) is 0 Å². The van der Waals surface area contributed by atoms with E-state index in [9.17, 15) is 4.79 Å². The predicted molar refractivity (Wildman–Crippen MR) is 130 cm³/mol. The van der Waals surface area contributed by atoms with E-state index in [-0.39, 0.29) is 48.2 Å². The van der Waals surface area contributed by atoms with Gasteiger partial charge in [0.05, 0.1) is 12.7 Å². The highest BCUT2D eigenvalue weighted by Crippen LogP contribution is 2.21. The number of hydrogen-bond donors (Lipinski definition) is 2. The largest absolute Gasteiger partial charge is 0.375 e. The number of halogens is 1. The molecule has 8 nitrogen and oxygen atoms in total. The molecule has 3 aliphatic heterocycles. The molecule has 0 aliphatic carbocycles. The summed E-state index contributed by atoms with van der Waals surface area (Å²) in [7, 11) is 1.80. The number of anilines is 1.